The van der Waals surface area contributed by atoms with Gasteiger partial charge < -0.3 is 20.3 Å². The van der Waals surface area contributed by atoms with Gasteiger partial charge in [-0.2, -0.15) is 0 Å². The number of pyridine rings is 1. The second-order valence-electron chi connectivity index (χ2n) is 7.01. The van der Waals surface area contributed by atoms with Gasteiger partial charge in [-0.15, -0.1) is 0 Å². The molecule has 3 rings (SSSR count). The molecule has 148 valence electrons. The first-order valence-corrected chi connectivity index (χ1v) is 8.97. The van der Waals surface area contributed by atoms with E-state index in [0.29, 0.717) is 6.42 Å². The molecule has 0 bridgehead atoms. The van der Waals surface area contributed by atoms with Gasteiger partial charge in [-0.25, -0.2) is 4.39 Å². The highest BCUT2D eigenvalue weighted by Gasteiger charge is 2.37. The number of halogens is 1. The van der Waals surface area contributed by atoms with Crippen LogP contribution in [0, 0.1) is 18.7 Å². The molecule has 1 aromatic heterocycles. The molecule has 2 amide bonds. The van der Waals surface area contributed by atoms with E-state index in [1.165, 1.54) is 25.4 Å². The van der Waals surface area contributed by atoms with Crippen LogP contribution in [-0.2, 0) is 6.54 Å². The van der Waals surface area contributed by atoms with Crippen LogP contribution in [0.2, 0.25) is 0 Å². The summed E-state index contributed by atoms with van der Waals surface area (Å²) in [6, 6.07) is 5.65. The molecule has 0 saturated heterocycles. The number of carbonyl (C=O) groups is 2. The number of hydrogen-bond donors (Lipinski definition) is 3. The number of hydrogen-bond acceptors (Lipinski definition) is 4. The number of carbonyl (C=O) groups excluding carboxylic acids is 2. The largest absolute Gasteiger partial charge is 0.396 e. The van der Waals surface area contributed by atoms with Crippen LogP contribution in [0.1, 0.15) is 38.3 Å². The van der Waals surface area contributed by atoms with E-state index in [9.17, 15) is 18.8 Å². The maximum absolute atomic E-state index is 14.1. The number of nitrogens with zero attached hydrogens (tertiary/aromatic N) is 1. The van der Waals surface area contributed by atoms with E-state index in [-0.39, 0.29) is 41.8 Å². The van der Waals surface area contributed by atoms with Gasteiger partial charge in [0, 0.05) is 37.4 Å². The van der Waals surface area contributed by atoms with Crippen molar-refractivity contribution in [3.05, 3.63) is 68.9 Å². The lowest BCUT2D eigenvalue weighted by Gasteiger charge is -2.13. The Kier molecular flexibility index (Phi) is 5.60. The molecular weight excluding hydrogens is 365 g/mol. The first kappa shape index (κ1) is 19.8. The smallest absolute Gasteiger partial charge is 0.263 e. The van der Waals surface area contributed by atoms with Crippen LogP contribution in [0.15, 0.2) is 35.3 Å². The fraction of sp³-hybridized carbons (Fsp3) is 0.350. The van der Waals surface area contributed by atoms with Crippen molar-refractivity contribution in [2.24, 2.45) is 5.92 Å². The van der Waals surface area contributed by atoms with Crippen molar-refractivity contribution in [2.75, 3.05) is 13.7 Å². The lowest BCUT2D eigenvalue weighted by Crippen LogP contribution is -2.34. The molecule has 0 spiro atoms. The number of amides is 2. The van der Waals surface area contributed by atoms with Crippen molar-refractivity contribution >= 4 is 11.8 Å². The third kappa shape index (κ3) is 4.12. The van der Waals surface area contributed by atoms with E-state index in [0.717, 1.165) is 10.1 Å². The van der Waals surface area contributed by atoms with Gasteiger partial charge in [0.2, 0.25) is 0 Å². The van der Waals surface area contributed by atoms with Gasteiger partial charge in [-0.1, -0.05) is 17.7 Å². The molecule has 1 fully saturated rings. The Labute approximate surface area is 161 Å². The monoisotopic (exact) mass is 387 g/mol. The molecule has 2 atom stereocenters. The second kappa shape index (κ2) is 7.93. The van der Waals surface area contributed by atoms with Crippen LogP contribution < -0.4 is 16.2 Å². The fourth-order valence-electron chi connectivity index (χ4n) is 3.06. The Morgan fingerprint density at radius 3 is 2.68 bits per heavy atom. The van der Waals surface area contributed by atoms with Gasteiger partial charge in [0.25, 0.3) is 17.4 Å². The maximum Gasteiger partial charge on any atom is 0.263 e. The standard InChI is InChI=1S/C20H22FN3O4/c1-11-3-4-16(21)12(5-11)8-24-9-13(6-15(20(24)28)19(27)22-2)18(26)23-17-7-14(17)10-25/h3-6,9,14,17,25H,7-8,10H2,1-2H3,(H,22,27)(H,23,26)/t14-,17?/m1/s1. The predicted molar refractivity (Wildman–Crippen MR) is 101 cm³/mol. The highest BCUT2D eigenvalue weighted by molar-refractivity contribution is 5.99. The Hall–Kier alpha value is -3.00. The van der Waals surface area contributed by atoms with Crippen LogP contribution in [-0.4, -0.2) is 41.2 Å². The van der Waals surface area contributed by atoms with Crippen molar-refractivity contribution in [3.8, 4) is 0 Å². The Morgan fingerprint density at radius 2 is 2.04 bits per heavy atom. The average Bonchev–Trinajstić information content (AvgIpc) is 3.43. The lowest BCUT2D eigenvalue weighted by molar-refractivity contribution is 0.0946. The van der Waals surface area contributed by atoms with Crippen LogP contribution in [0.3, 0.4) is 0 Å². The van der Waals surface area contributed by atoms with Crippen molar-refractivity contribution in [1.82, 2.24) is 15.2 Å². The van der Waals surface area contributed by atoms with Crippen LogP contribution in [0.25, 0.3) is 0 Å². The van der Waals surface area contributed by atoms with Gasteiger partial charge in [0.15, 0.2) is 0 Å². The summed E-state index contributed by atoms with van der Waals surface area (Å²) in [6.45, 7) is 1.68. The molecular formula is C20H22FN3O4. The molecule has 0 aliphatic heterocycles. The molecule has 1 aromatic carbocycles. The van der Waals surface area contributed by atoms with Gasteiger partial charge in [-0.05, 0) is 25.5 Å². The molecule has 8 heteroatoms. The molecule has 7 nitrogen and oxygen atoms in total. The van der Waals surface area contributed by atoms with Crippen LogP contribution >= 0.6 is 0 Å². The molecule has 0 radical (unpaired) electrons. The molecule has 28 heavy (non-hydrogen) atoms. The van der Waals surface area contributed by atoms with E-state index in [2.05, 4.69) is 10.6 Å². The first-order valence-electron chi connectivity index (χ1n) is 8.97. The summed E-state index contributed by atoms with van der Waals surface area (Å²) >= 11 is 0. The average molecular weight is 387 g/mol. The topological polar surface area (TPSA) is 100 Å². The van der Waals surface area contributed by atoms with E-state index < -0.39 is 23.2 Å². The third-order valence-corrected chi connectivity index (χ3v) is 4.84. The summed E-state index contributed by atoms with van der Waals surface area (Å²) in [7, 11) is 1.38. The Bertz CT molecular complexity index is 986. The fourth-order valence-corrected chi connectivity index (χ4v) is 3.06. The summed E-state index contributed by atoms with van der Waals surface area (Å²) in [6.07, 6.45) is 2.00. The predicted octanol–water partition coefficient (Wildman–Crippen LogP) is 0.814. The normalized spacial score (nSPS) is 17.9. The molecule has 1 aliphatic carbocycles. The van der Waals surface area contributed by atoms with E-state index in [4.69, 9.17) is 5.11 Å². The summed E-state index contributed by atoms with van der Waals surface area (Å²) in [5, 5.41) is 14.3. The third-order valence-electron chi connectivity index (χ3n) is 4.84. The molecule has 2 aromatic rings. The molecule has 3 N–H and O–H groups in total. The van der Waals surface area contributed by atoms with Crippen molar-refractivity contribution in [3.63, 3.8) is 0 Å². The number of benzene rings is 1. The highest BCUT2D eigenvalue weighted by atomic mass is 19.1. The zero-order chi connectivity index (χ0) is 20.4. The van der Waals surface area contributed by atoms with Crippen LogP contribution in [0.5, 0.6) is 0 Å². The molecule has 1 heterocycles. The summed E-state index contributed by atoms with van der Waals surface area (Å²) in [4.78, 5) is 37.3. The summed E-state index contributed by atoms with van der Waals surface area (Å²) in [5.41, 5.74) is 0.419. The van der Waals surface area contributed by atoms with Gasteiger partial charge >= 0.3 is 0 Å². The second-order valence-corrected chi connectivity index (χ2v) is 7.01. The van der Waals surface area contributed by atoms with Gasteiger partial charge in [0.05, 0.1) is 12.1 Å². The lowest BCUT2D eigenvalue weighted by atomic mass is 10.1. The summed E-state index contributed by atoms with van der Waals surface area (Å²) < 4.78 is 15.3. The number of aryl methyl sites for hydroxylation is 1. The first-order chi connectivity index (χ1) is 13.3. The Morgan fingerprint density at radius 1 is 1.29 bits per heavy atom. The number of rotatable bonds is 6. The number of nitrogens with one attached hydrogen (secondary N) is 2. The minimum Gasteiger partial charge on any atom is -0.396 e. The zero-order valence-electron chi connectivity index (χ0n) is 15.7. The number of aliphatic hydroxyl groups is 1. The molecule has 1 aliphatic rings. The minimum absolute atomic E-state index is 0.0133. The van der Waals surface area contributed by atoms with Crippen molar-refractivity contribution in [1.29, 1.82) is 0 Å². The summed E-state index contributed by atoms with van der Waals surface area (Å²) in [5.74, 6) is -1.53. The van der Waals surface area contributed by atoms with Crippen molar-refractivity contribution < 1.29 is 19.1 Å². The van der Waals surface area contributed by atoms with Crippen LogP contribution in [0.4, 0.5) is 4.39 Å². The quantitative estimate of drug-likeness (QED) is 0.683. The van der Waals surface area contributed by atoms with E-state index >= 15 is 0 Å². The van der Waals surface area contributed by atoms with E-state index in [1.807, 2.05) is 0 Å². The molecule has 1 unspecified atom stereocenters. The van der Waals surface area contributed by atoms with Crippen molar-refractivity contribution in [2.45, 2.75) is 25.9 Å². The Balaban J connectivity index is 1.98. The number of aliphatic hydroxyl groups excluding tert-OH is 1. The maximum atomic E-state index is 14.1. The highest BCUT2D eigenvalue weighted by Crippen LogP contribution is 2.29. The van der Waals surface area contributed by atoms with Gasteiger partial charge in [0.1, 0.15) is 11.4 Å². The minimum atomic E-state index is -0.627. The number of aromatic nitrogens is 1. The van der Waals surface area contributed by atoms with E-state index in [1.54, 1.807) is 19.1 Å². The zero-order valence-corrected chi connectivity index (χ0v) is 15.7. The van der Waals surface area contributed by atoms with Gasteiger partial charge in [-0.3, -0.25) is 14.4 Å². The SMILES string of the molecule is CNC(=O)c1cc(C(=O)NC2C[C@@H]2CO)cn(Cc2cc(C)ccc2F)c1=O. The molecule has 1 saturated carbocycles.